The van der Waals surface area contributed by atoms with Gasteiger partial charge in [0, 0.05) is 18.1 Å². The Kier molecular flexibility index (Phi) is 10.6. The van der Waals surface area contributed by atoms with Crippen LogP contribution in [0.5, 0.6) is 11.5 Å². The molecule has 188 valence electrons. The summed E-state index contributed by atoms with van der Waals surface area (Å²) in [5.41, 5.74) is 4.42. The van der Waals surface area contributed by atoms with E-state index in [1.54, 1.807) is 13.8 Å². The fourth-order valence-corrected chi connectivity index (χ4v) is 3.74. The summed E-state index contributed by atoms with van der Waals surface area (Å²) in [6.07, 6.45) is 2.47. The van der Waals surface area contributed by atoms with Crippen molar-refractivity contribution in [2.45, 2.75) is 59.2 Å². The Balaban J connectivity index is 2.07. The molecule has 2 rings (SSSR count). The Morgan fingerprint density at radius 3 is 1.51 bits per heavy atom. The van der Waals surface area contributed by atoms with Crippen LogP contribution in [0, 0.1) is 13.8 Å². The van der Waals surface area contributed by atoms with Crippen LogP contribution in [0.15, 0.2) is 61.7 Å². The lowest BCUT2D eigenvalue weighted by atomic mass is 9.87. The number of carbonyl (C=O) groups is 2. The van der Waals surface area contributed by atoms with Crippen molar-refractivity contribution in [1.82, 2.24) is 0 Å². The quantitative estimate of drug-likeness (QED) is 0.265. The standard InChI is InChI=1S/C29H36O6/c1-8-25(23-11-13-26(19(4)15-23)32-17-21(6)34-28(30)9-2)24-12-14-27(20(5)16-24)33-18-22(7)35-29(31)10-3/h9-16,21-22,25H,2-3,8,17-18H2,1,4-7H3. The number of hydrogen-bond acceptors (Lipinski definition) is 6. The highest BCUT2D eigenvalue weighted by Crippen LogP contribution is 2.33. The molecular weight excluding hydrogens is 444 g/mol. The zero-order valence-electron chi connectivity index (χ0n) is 21.3. The smallest absolute Gasteiger partial charge is 0.330 e. The van der Waals surface area contributed by atoms with Crippen molar-refractivity contribution in [3.05, 3.63) is 84.0 Å². The van der Waals surface area contributed by atoms with Crippen LogP contribution in [0.25, 0.3) is 0 Å². The molecule has 0 aliphatic heterocycles. The van der Waals surface area contributed by atoms with E-state index in [2.05, 4.69) is 44.3 Å². The van der Waals surface area contributed by atoms with Gasteiger partial charge in [-0.05, 0) is 68.5 Å². The van der Waals surface area contributed by atoms with Gasteiger partial charge in [-0.15, -0.1) is 0 Å². The summed E-state index contributed by atoms with van der Waals surface area (Å²) in [5, 5.41) is 0. The number of aryl methyl sites for hydroxylation is 2. The Morgan fingerprint density at radius 2 is 1.20 bits per heavy atom. The molecule has 2 atom stereocenters. The van der Waals surface area contributed by atoms with E-state index in [1.807, 2.05) is 26.0 Å². The van der Waals surface area contributed by atoms with Crippen molar-refractivity contribution < 1.29 is 28.5 Å². The summed E-state index contributed by atoms with van der Waals surface area (Å²) >= 11 is 0. The summed E-state index contributed by atoms with van der Waals surface area (Å²) in [6, 6.07) is 12.4. The topological polar surface area (TPSA) is 71.1 Å². The fourth-order valence-electron chi connectivity index (χ4n) is 3.74. The molecule has 6 heteroatoms. The van der Waals surface area contributed by atoms with Gasteiger partial charge in [-0.25, -0.2) is 9.59 Å². The van der Waals surface area contributed by atoms with Crippen molar-refractivity contribution in [2.75, 3.05) is 13.2 Å². The molecule has 0 aromatic heterocycles. The third-order valence-electron chi connectivity index (χ3n) is 5.53. The zero-order valence-corrected chi connectivity index (χ0v) is 21.3. The van der Waals surface area contributed by atoms with Gasteiger partial charge in [0.15, 0.2) is 0 Å². The van der Waals surface area contributed by atoms with Crippen LogP contribution >= 0.6 is 0 Å². The number of rotatable bonds is 13. The van der Waals surface area contributed by atoms with Gasteiger partial charge < -0.3 is 18.9 Å². The summed E-state index contributed by atoms with van der Waals surface area (Å²) in [4.78, 5) is 22.6. The zero-order chi connectivity index (χ0) is 26.0. The van der Waals surface area contributed by atoms with Crippen LogP contribution in [0.2, 0.25) is 0 Å². The minimum absolute atomic E-state index is 0.218. The monoisotopic (exact) mass is 480 g/mol. The number of carbonyl (C=O) groups excluding carboxylic acids is 2. The van der Waals surface area contributed by atoms with E-state index in [0.29, 0.717) is 0 Å². The molecule has 0 saturated carbocycles. The average Bonchev–Trinajstić information content (AvgIpc) is 2.83. The summed E-state index contributed by atoms with van der Waals surface area (Å²) < 4.78 is 22.0. The van der Waals surface area contributed by atoms with Crippen molar-refractivity contribution >= 4 is 11.9 Å². The summed E-state index contributed by atoms with van der Waals surface area (Å²) in [7, 11) is 0. The molecule has 0 radical (unpaired) electrons. The van der Waals surface area contributed by atoms with Gasteiger partial charge >= 0.3 is 11.9 Å². The van der Waals surface area contributed by atoms with Gasteiger partial charge in [0.1, 0.15) is 36.9 Å². The highest BCUT2D eigenvalue weighted by atomic mass is 16.6. The first kappa shape index (κ1) is 27.7. The van der Waals surface area contributed by atoms with Crippen molar-refractivity contribution in [3.63, 3.8) is 0 Å². The first-order valence-electron chi connectivity index (χ1n) is 11.8. The molecule has 0 bridgehead atoms. The maximum atomic E-state index is 11.3. The van der Waals surface area contributed by atoms with E-state index in [4.69, 9.17) is 18.9 Å². The van der Waals surface area contributed by atoms with Gasteiger partial charge in [-0.1, -0.05) is 44.3 Å². The highest BCUT2D eigenvalue weighted by molar-refractivity contribution is 5.81. The Hall–Kier alpha value is -3.54. The lowest BCUT2D eigenvalue weighted by Gasteiger charge is -2.20. The number of ether oxygens (including phenoxy) is 4. The third kappa shape index (κ3) is 8.32. The van der Waals surface area contributed by atoms with E-state index < -0.39 is 11.9 Å². The average molecular weight is 481 g/mol. The van der Waals surface area contributed by atoms with E-state index >= 15 is 0 Å². The second-order valence-electron chi connectivity index (χ2n) is 8.54. The predicted molar refractivity (Wildman–Crippen MR) is 137 cm³/mol. The van der Waals surface area contributed by atoms with Gasteiger partial charge in [-0.3, -0.25) is 0 Å². The van der Waals surface area contributed by atoms with Crippen LogP contribution in [0.3, 0.4) is 0 Å². The lowest BCUT2D eigenvalue weighted by Crippen LogP contribution is -2.21. The van der Waals surface area contributed by atoms with Crippen molar-refractivity contribution in [1.29, 1.82) is 0 Å². The van der Waals surface area contributed by atoms with E-state index in [-0.39, 0.29) is 31.3 Å². The van der Waals surface area contributed by atoms with E-state index in [1.165, 1.54) is 11.1 Å². The Morgan fingerprint density at radius 1 is 0.800 bits per heavy atom. The molecule has 2 aromatic rings. The molecule has 0 aliphatic rings. The van der Waals surface area contributed by atoms with Gasteiger partial charge in [0.05, 0.1) is 0 Å². The maximum absolute atomic E-state index is 11.3. The molecule has 0 amide bonds. The minimum atomic E-state index is -0.462. The normalized spacial score (nSPS) is 13.2. The molecule has 2 unspecified atom stereocenters. The number of hydrogen-bond donors (Lipinski definition) is 0. The second kappa shape index (κ2) is 13.4. The van der Waals surface area contributed by atoms with Crippen molar-refractivity contribution in [2.24, 2.45) is 0 Å². The molecule has 6 nitrogen and oxygen atoms in total. The number of benzene rings is 2. The molecule has 0 saturated heterocycles. The molecule has 0 heterocycles. The van der Waals surface area contributed by atoms with Gasteiger partial charge in [0.25, 0.3) is 0 Å². The molecule has 0 spiro atoms. The first-order valence-corrected chi connectivity index (χ1v) is 11.8. The second-order valence-corrected chi connectivity index (χ2v) is 8.54. The van der Waals surface area contributed by atoms with Crippen LogP contribution in [0.1, 0.15) is 55.4 Å². The summed E-state index contributed by atoms with van der Waals surface area (Å²) in [6.45, 7) is 17.1. The van der Waals surface area contributed by atoms with Gasteiger partial charge in [0.2, 0.25) is 0 Å². The van der Waals surface area contributed by atoms with Crippen LogP contribution < -0.4 is 9.47 Å². The summed E-state index contributed by atoms with van der Waals surface area (Å²) in [5.74, 6) is 0.815. The third-order valence-corrected chi connectivity index (χ3v) is 5.53. The van der Waals surface area contributed by atoms with Gasteiger partial charge in [-0.2, -0.15) is 0 Å². The number of esters is 2. The van der Waals surface area contributed by atoms with E-state index in [0.717, 1.165) is 41.2 Å². The lowest BCUT2D eigenvalue weighted by molar-refractivity contribution is -0.144. The first-order chi connectivity index (χ1) is 16.7. The highest BCUT2D eigenvalue weighted by Gasteiger charge is 2.16. The molecular formula is C29H36O6. The molecule has 35 heavy (non-hydrogen) atoms. The molecule has 2 aromatic carbocycles. The molecule has 0 fully saturated rings. The predicted octanol–water partition coefficient (Wildman–Crippen LogP) is 5.84. The maximum Gasteiger partial charge on any atom is 0.330 e. The van der Waals surface area contributed by atoms with Crippen LogP contribution in [-0.4, -0.2) is 37.4 Å². The minimum Gasteiger partial charge on any atom is -0.489 e. The Bertz CT molecular complexity index is 960. The van der Waals surface area contributed by atoms with Crippen molar-refractivity contribution in [3.8, 4) is 11.5 Å². The Labute approximate surface area is 208 Å². The SMILES string of the molecule is C=CC(=O)OC(C)COc1ccc(C(CC)c2ccc(OCC(C)OC(=O)C=C)c(C)c2)cc1C. The molecule has 0 aliphatic carbocycles. The fraction of sp³-hybridized carbons (Fsp3) is 0.379. The molecule has 0 N–H and O–H groups in total. The van der Waals surface area contributed by atoms with Crippen LogP contribution in [0.4, 0.5) is 0 Å². The largest absolute Gasteiger partial charge is 0.489 e. The van der Waals surface area contributed by atoms with Crippen LogP contribution in [-0.2, 0) is 19.1 Å². The van der Waals surface area contributed by atoms with E-state index in [9.17, 15) is 9.59 Å².